The first kappa shape index (κ1) is 23.3. The summed E-state index contributed by atoms with van der Waals surface area (Å²) in [5.41, 5.74) is -0.837. The summed E-state index contributed by atoms with van der Waals surface area (Å²) in [6.07, 6.45) is -6.37. The summed E-state index contributed by atoms with van der Waals surface area (Å²) < 4.78 is 43.5. The molecule has 1 aliphatic heterocycles. The third-order valence-corrected chi connectivity index (χ3v) is 4.98. The summed E-state index contributed by atoms with van der Waals surface area (Å²) in [5, 5.41) is 2.06. The molecule has 0 spiro atoms. The number of rotatable bonds is 6. The molecule has 0 aromatic heterocycles. The number of nitrogens with one attached hydrogen (secondary N) is 1. The van der Waals surface area contributed by atoms with Gasteiger partial charge in [-0.15, -0.1) is 0 Å². The van der Waals surface area contributed by atoms with Gasteiger partial charge in [0.2, 0.25) is 0 Å². The molecule has 0 aliphatic carbocycles. The predicted molar refractivity (Wildman–Crippen MR) is 107 cm³/mol. The Labute approximate surface area is 185 Å². The lowest BCUT2D eigenvalue weighted by molar-refractivity contribution is -0.153. The second-order valence-electron chi connectivity index (χ2n) is 6.87. The fourth-order valence-corrected chi connectivity index (χ4v) is 3.15. The molecule has 0 radical (unpaired) electrons. The minimum Gasteiger partial charge on any atom is -0.452 e. The zero-order chi connectivity index (χ0) is 23.6. The second-order valence-corrected chi connectivity index (χ2v) is 7.28. The smallest absolute Gasteiger partial charge is 0.416 e. The van der Waals surface area contributed by atoms with Crippen LogP contribution in [0.1, 0.15) is 39.6 Å². The van der Waals surface area contributed by atoms with Gasteiger partial charge in [-0.25, -0.2) is 0 Å². The van der Waals surface area contributed by atoms with Crippen LogP contribution >= 0.6 is 11.6 Å². The average molecular weight is 469 g/mol. The molecule has 0 bridgehead atoms. The van der Waals surface area contributed by atoms with Gasteiger partial charge in [0.05, 0.1) is 33.8 Å². The molecular formula is C21H16ClF3N2O5. The Morgan fingerprint density at radius 3 is 2.25 bits per heavy atom. The van der Waals surface area contributed by atoms with Crippen molar-refractivity contribution >= 4 is 41.0 Å². The zero-order valence-corrected chi connectivity index (χ0v) is 17.3. The van der Waals surface area contributed by atoms with Crippen molar-refractivity contribution in [2.45, 2.75) is 25.6 Å². The lowest BCUT2D eigenvalue weighted by atomic mass is 10.1. The molecule has 2 aromatic rings. The van der Waals surface area contributed by atoms with Gasteiger partial charge in [0.1, 0.15) is 0 Å². The van der Waals surface area contributed by atoms with Crippen molar-refractivity contribution in [2.75, 3.05) is 11.9 Å². The number of carbonyl (C=O) groups excluding carboxylic acids is 4. The third kappa shape index (κ3) is 4.91. The number of nitrogens with zero attached hydrogens (tertiary/aromatic N) is 1. The topological polar surface area (TPSA) is 92.8 Å². The van der Waals surface area contributed by atoms with Crippen LogP contribution in [0.4, 0.5) is 18.9 Å². The Bertz CT molecular complexity index is 1070. The van der Waals surface area contributed by atoms with Crippen LogP contribution in [0.15, 0.2) is 42.5 Å². The van der Waals surface area contributed by atoms with Crippen LogP contribution in [0.25, 0.3) is 0 Å². The Morgan fingerprint density at radius 2 is 1.69 bits per heavy atom. The maximum Gasteiger partial charge on any atom is 0.416 e. The first-order valence-electron chi connectivity index (χ1n) is 9.31. The lowest BCUT2D eigenvalue weighted by Crippen LogP contribution is -2.34. The van der Waals surface area contributed by atoms with Crippen LogP contribution in [0, 0.1) is 0 Å². The standard InChI is InChI=1S/C21H16ClF3N2O5/c1-11(18(29)26-16-10-12(21(23,24)25)6-7-15(16)22)32-17(28)8-9-27-19(30)13-4-2-3-5-14(13)20(27)31/h2-7,10-11H,8-9H2,1H3,(H,26,29). The van der Waals surface area contributed by atoms with Crippen molar-refractivity contribution in [3.05, 3.63) is 64.2 Å². The number of anilines is 1. The maximum atomic E-state index is 12.8. The number of hydrogen-bond acceptors (Lipinski definition) is 5. The highest BCUT2D eigenvalue weighted by molar-refractivity contribution is 6.33. The van der Waals surface area contributed by atoms with E-state index in [0.29, 0.717) is 6.07 Å². The Hall–Kier alpha value is -3.40. The van der Waals surface area contributed by atoms with E-state index in [9.17, 15) is 32.3 Å². The zero-order valence-electron chi connectivity index (χ0n) is 16.5. The third-order valence-electron chi connectivity index (χ3n) is 4.65. The molecule has 1 atom stereocenters. The number of alkyl halides is 3. The maximum absolute atomic E-state index is 12.8. The van der Waals surface area contributed by atoms with Gasteiger partial charge >= 0.3 is 12.1 Å². The average Bonchev–Trinajstić information content (AvgIpc) is 2.97. The van der Waals surface area contributed by atoms with Crippen LogP contribution in [-0.2, 0) is 20.5 Å². The molecule has 2 aromatic carbocycles. The number of imide groups is 1. The van der Waals surface area contributed by atoms with Gasteiger partial charge in [-0.3, -0.25) is 24.1 Å². The Morgan fingerprint density at radius 1 is 1.09 bits per heavy atom. The fourth-order valence-electron chi connectivity index (χ4n) is 2.99. The van der Waals surface area contributed by atoms with Gasteiger partial charge < -0.3 is 10.1 Å². The van der Waals surface area contributed by atoms with Crippen LogP contribution < -0.4 is 5.32 Å². The summed E-state index contributed by atoms with van der Waals surface area (Å²) in [7, 11) is 0. The first-order chi connectivity index (χ1) is 15.0. The van der Waals surface area contributed by atoms with Gasteiger partial charge in [-0.05, 0) is 37.3 Å². The van der Waals surface area contributed by atoms with Gasteiger partial charge in [-0.1, -0.05) is 23.7 Å². The van der Waals surface area contributed by atoms with Crippen molar-refractivity contribution < 1.29 is 37.1 Å². The minimum atomic E-state index is -4.63. The summed E-state index contributed by atoms with van der Waals surface area (Å²) >= 11 is 5.83. The van der Waals surface area contributed by atoms with Crippen LogP contribution in [-0.4, -0.2) is 41.2 Å². The molecule has 3 rings (SSSR count). The molecular weight excluding hydrogens is 453 g/mol. The number of esters is 1. The van der Waals surface area contributed by atoms with Crippen molar-refractivity contribution in [2.24, 2.45) is 0 Å². The van der Waals surface area contributed by atoms with Gasteiger partial charge in [-0.2, -0.15) is 13.2 Å². The molecule has 1 aliphatic rings. The van der Waals surface area contributed by atoms with Crippen LogP contribution in [0.3, 0.4) is 0 Å². The lowest BCUT2D eigenvalue weighted by Gasteiger charge is -2.17. The molecule has 1 unspecified atom stereocenters. The molecule has 0 saturated heterocycles. The molecule has 0 fully saturated rings. The quantitative estimate of drug-likeness (QED) is 0.512. The number of amides is 3. The van der Waals surface area contributed by atoms with Crippen molar-refractivity contribution in [1.29, 1.82) is 0 Å². The molecule has 1 N–H and O–H groups in total. The first-order valence-corrected chi connectivity index (χ1v) is 9.69. The highest BCUT2D eigenvalue weighted by atomic mass is 35.5. The minimum absolute atomic E-state index is 0.129. The van der Waals surface area contributed by atoms with E-state index in [0.717, 1.165) is 17.0 Å². The normalized spacial score (nSPS) is 14.2. The predicted octanol–water partition coefficient (Wildman–Crippen LogP) is 3.92. The van der Waals surface area contributed by atoms with Crippen molar-refractivity contribution in [3.63, 3.8) is 0 Å². The van der Waals surface area contributed by atoms with E-state index in [-0.39, 0.29) is 34.8 Å². The van der Waals surface area contributed by atoms with E-state index >= 15 is 0 Å². The van der Waals surface area contributed by atoms with Gasteiger partial charge in [0, 0.05) is 6.54 Å². The number of hydrogen-bond donors (Lipinski definition) is 1. The number of carbonyl (C=O) groups is 4. The number of fused-ring (bicyclic) bond motifs is 1. The van der Waals surface area contributed by atoms with E-state index in [1.54, 1.807) is 12.1 Å². The molecule has 11 heteroatoms. The fraction of sp³-hybridized carbons (Fsp3) is 0.238. The monoisotopic (exact) mass is 468 g/mol. The molecule has 1 heterocycles. The van der Waals surface area contributed by atoms with Gasteiger partial charge in [0.15, 0.2) is 6.10 Å². The highest BCUT2D eigenvalue weighted by Crippen LogP contribution is 2.34. The largest absolute Gasteiger partial charge is 0.452 e. The Balaban J connectivity index is 1.56. The molecule has 0 saturated carbocycles. The summed E-state index contributed by atoms with van der Waals surface area (Å²) in [6.45, 7) is 0.968. The van der Waals surface area contributed by atoms with E-state index in [1.807, 2.05) is 0 Å². The number of ether oxygens (including phenoxy) is 1. The second kappa shape index (κ2) is 8.99. The van der Waals surface area contributed by atoms with E-state index in [2.05, 4.69) is 5.32 Å². The summed E-state index contributed by atoms with van der Waals surface area (Å²) in [6, 6.07) is 8.63. The van der Waals surface area contributed by atoms with Crippen molar-refractivity contribution in [1.82, 2.24) is 4.90 Å². The Kier molecular flexibility index (Phi) is 6.54. The van der Waals surface area contributed by atoms with E-state index in [1.165, 1.54) is 19.1 Å². The van der Waals surface area contributed by atoms with Gasteiger partial charge in [0.25, 0.3) is 17.7 Å². The van der Waals surface area contributed by atoms with E-state index in [4.69, 9.17) is 16.3 Å². The van der Waals surface area contributed by atoms with Crippen LogP contribution in [0.2, 0.25) is 5.02 Å². The summed E-state index contributed by atoms with van der Waals surface area (Å²) in [5.74, 6) is -2.86. The van der Waals surface area contributed by atoms with Crippen molar-refractivity contribution in [3.8, 4) is 0 Å². The molecule has 32 heavy (non-hydrogen) atoms. The molecule has 168 valence electrons. The van der Waals surface area contributed by atoms with E-state index < -0.39 is 41.5 Å². The molecule has 7 nitrogen and oxygen atoms in total. The van der Waals surface area contributed by atoms with Crippen LogP contribution in [0.5, 0.6) is 0 Å². The highest BCUT2D eigenvalue weighted by Gasteiger charge is 2.35. The molecule has 3 amide bonds. The SMILES string of the molecule is CC(OC(=O)CCN1C(=O)c2ccccc2C1=O)C(=O)Nc1cc(C(F)(F)F)ccc1Cl. The number of benzene rings is 2. The summed E-state index contributed by atoms with van der Waals surface area (Å²) in [4.78, 5) is 49.8. The number of halogens is 4.